The fourth-order valence-electron chi connectivity index (χ4n) is 3.02. The first-order valence-electron chi connectivity index (χ1n) is 7.14. The summed E-state index contributed by atoms with van der Waals surface area (Å²) >= 11 is 0. The zero-order chi connectivity index (χ0) is 13.1. The summed E-state index contributed by atoms with van der Waals surface area (Å²) in [6.45, 7) is 9.18. The zero-order valence-electron chi connectivity index (χ0n) is 12.1. The summed E-state index contributed by atoms with van der Waals surface area (Å²) in [5, 5.41) is 3.40. The molecule has 0 nitrogen and oxygen atoms in total. The van der Waals surface area contributed by atoms with Crippen molar-refractivity contribution >= 4 is 14.7 Å². The highest BCUT2D eigenvalue weighted by Crippen LogP contribution is 2.24. The maximum absolute atomic E-state index is 2.37. The Balaban J connectivity index is 2.33. The van der Waals surface area contributed by atoms with Crippen molar-refractivity contribution in [2.45, 2.75) is 40.5 Å². The molecule has 1 atom stereocenters. The number of benzene rings is 1. The molecule has 0 bridgehead atoms. The van der Waals surface area contributed by atoms with E-state index in [2.05, 4.69) is 58.0 Å². The second-order valence-corrected chi connectivity index (χ2v) is 7.17. The summed E-state index contributed by atoms with van der Waals surface area (Å²) in [5.41, 5.74) is 4.71. The smallest absolute Gasteiger partial charge is 0.0778 e. The van der Waals surface area contributed by atoms with Crippen LogP contribution >= 0.6 is 0 Å². The predicted molar refractivity (Wildman–Crippen MR) is 84.4 cm³/mol. The van der Waals surface area contributed by atoms with E-state index in [1.54, 1.807) is 21.5 Å². The molecule has 1 aromatic carbocycles. The average molecular weight is 256 g/mol. The molecule has 0 spiro atoms. The SMILES string of the molecule is CCc1cccc([SiH2]C2=C(C)C=CC2C)c1CC. The van der Waals surface area contributed by atoms with Crippen LogP contribution in [0.1, 0.15) is 38.8 Å². The lowest BCUT2D eigenvalue weighted by atomic mass is 10.0. The third kappa shape index (κ3) is 2.51. The van der Waals surface area contributed by atoms with Gasteiger partial charge < -0.3 is 0 Å². The Morgan fingerprint density at radius 3 is 2.50 bits per heavy atom. The van der Waals surface area contributed by atoms with Crippen LogP contribution in [-0.2, 0) is 12.8 Å². The molecule has 0 saturated heterocycles. The van der Waals surface area contributed by atoms with E-state index in [9.17, 15) is 0 Å². The van der Waals surface area contributed by atoms with Crippen molar-refractivity contribution in [2.75, 3.05) is 0 Å². The van der Waals surface area contributed by atoms with Gasteiger partial charge in [0.15, 0.2) is 0 Å². The lowest BCUT2D eigenvalue weighted by molar-refractivity contribution is 0.929. The molecule has 0 aromatic heterocycles. The first-order valence-corrected chi connectivity index (χ1v) is 8.56. The molecule has 0 saturated carbocycles. The molecular formula is C17H24Si. The van der Waals surface area contributed by atoms with E-state index in [1.807, 2.05) is 0 Å². The third-order valence-corrected chi connectivity index (χ3v) is 6.80. The van der Waals surface area contributed by atoms with Crippen LogP contribution in [0.2, 0.25) is 0 Å². The summed E-state index contributed by atoms with van der Waals surface area (Å²) in [7, 11) is -0.283. The minimum Gasteiger partial charge on any atom is -0.0778 e. The van der Waals surface area contributed by atoms with Crippen molar-refractivity contribution in [1.29, 1.82) is 0 Å². The third-order valence-electron chi connectivity index (χ3n) is 4.18. The van der Waals surface area contributed by atoms with Crippen LogP contribution in [0.3, 0.4) is 0 Å². The number of rotatable bonds is 4. The van der Waals surface area contributed by atoms with Gasteiger partial charge in [-0.2, -0.15) is 0 Å². The molecule has 0 amide bonds. The molecule has 1 aliphatic rings. The van der Waals surface area contributed by atoms with Gasteiger partial charge in [-0.15, -0.1) is 0 Å². The molecular weight excluding hydrogens is 232 g/mol. The lowest BCUT2D eigenvalue weighted by Crippen LogP contribution is -2.24. The normalized spacial score (nSPS) is 19.4. The van der Waals surface area contributed by atoms with Crippen molar-refractivity contribution < 1.29 is 0 Å². The zero-order valence-corrected chi connectivity index (χ0v) is 13.5. The van der Waals surface area contributed by atoms with E-state index in [4.69, 9.17) is 0 Å². The average Bonchev–Trinajstić information content (AvgIpc) is 2.70. The Labute approximate surface area is 114 Å². The van der Waals surface area contributed by atoms with E-state index in [1.165, 1.54) is 12.0 Å². The van der Waals surface area contributed by atoms with E-state index >= 15 is 0 Å². The first-order chi connectivity index (χ1) is 8.67. The van der Waals surface area contributed by atoms with Gasteiger partial charge in [-0.3, -0.25) is 0 Å². The van der Waals surface area contributed by atoms with Gasteiger partial charge >= 0.3 is 0 Å². The number of allylic oxidation sites excluding steroid dienone is 4. The van der Waals surface area contributed by atoms with Crippen molar-refractivity contribution in [1.82, 2.24) is 0 Å². The maximum Gasteiger partial charge on any atom is 0.0839 e. The number of hydrogen-bond acceptors (Lipinski definition) is 0. The summed E-state index contributed by atoms with van der Waals surface area (Å²) in [4.78, 5) is 0. The van der Waals surface area contributed by atoms with Crippen LogP contribution in [0.15, 0.2) is 41.1 Å². The molecule has 1 heteroatoms. The van der Waals surface area contributed by atoms with Crippen molar-refractivity contribution in [3.63, 3.8) is 0 Å². The summed E-state index contributed by atoms with van der Waals surface area (Å²) < 4.78 is 0. The van der Waals surface area contributed by atoms with E-state index in [0.717, 1.165) is 6.42 Å². The molecule has 0 radical (unpaired) electrons. The Bertz CT molecular complexity index is 494. The standard InChI is InChI=1S/C17H24Si/c1-5-14-8-7-9-16(15(14)6-2)18-17-12(3)10-11-13(17)4/h7-12H,5-6,18H2,1-4H3. The fraction of sp³-hybridized carbons (Fsp3) is 0.412. The highest BCUT2D eigenvalue weighted by atomic mass is 28.2. The molecule has 96 valence electrons. The van der Waals surface area contributed by atoms with Crippen LogP contribution < -0.4 is 5.19 Å². The molecule has 0 aliphatic heterocycles. The Kier molecular flexibility index (Phi) is 4.23. The van der Waals surface area contributed by atoms with Gasteiger partial charge in [0.1, 0.15) is 0 Å². The molecule has 1 unspecified atom stereocenters. The molecule has 0 fully saturated rings. The van der Waals surface area contributed by atoms with E-state index in [-0.39, 0.29) is 9.52 Å². The minimum absolute atomic E-state index is 0.283. The summed E-state index contributed by atoms with van der Waals surface area (Å²) in [5.74, 6) is 0.673. The van der Waals surface area contributed by atoms with Gasteiger partial charge in [-0.1, -0.05) is 67.1 Å². The summed E-state index contributed by atoms with van der Waals surface area (Å²) in [6.07, 6.45) is 7.01. The van der Waals surface area contributed by atoms with Gasteiger partial charge in [0.25, 0.3) is 0 Å². The van der Waals surface area contributed by atoms with Gasteiger partial charge in [0.05, 0.1) is 9.52 Å². The Morgan fingerprint density at radius 1 is 1.17 bits per heavy atom. The Hall–Kier alpha value is -1.08. The van der Waals surface area contributed by atoms with Gasteiger partial charge in [0.2, 0.25) is 0 Å². The predicted octanol–water partition coefficient (Wildman–Crippen LogP) is 3.09. The molecule has 1 aliphatic carbocycles. The van der Waals surface area contributed by atoms with Crippen molar-refractivity contribution in [2.24, 2.45) is 5.92 Å². The highest BCUT2D eigenvalue weighted by Gasteiger charge is 2.16. The van der Waals surface area contributed by atoms with Crippen LogP contribution in [0.5, 0.6) is 0 Å². The molecule has 2 rings (SSSR count). The molecule has 0 N–H and O–H groups in total. The second-order valence-electron chi connectivity index (χ2n) is 5.29. The van der Waals surface area contributed by atoms with Crippen LogP contribution in [-0.4, -0.2) is 9.52 Å². The minimum atomic E-state index is -0.283. The van der Waals surface area contributed by atoms with Gasteiger partial charge in [-0.25, -0.2) is 0 Å². The van der Waals surface area contributed by atoms with Crippen LogP contribution in [0.25, 0.3) is 0 Å². The van der Waals surface area contributed by atoms with E-state index in [0.29, 0.717) is 5.92 Å². The quantitative estimate of drug-likeness (QED) is 0.726. The summed E-state index contributed by atoms with van der Waals surface area (Å²) in [6, 6.07) is 6.92. The molecule has 0 heterocycles. The first kappa shape index (κ1) is 13.4. The van der Waals surface area contributed by atoms with Crippen LogP contribution in [0, 0.1) is 5.92 Å². The van der Waals surface area contributed by atoms with Gasteiger partial charge in [0, 0.05) is 0 Å². The van der Waals surface area contributed by atoms with Crippen LogP contribution in [0.4, 0.5) is 0 Å². The largest absolute Gasteiger partial charge is 0.0839 e. The van der Waals surface area contributed by atoms with Crippen molar-refractivity contribution in [3.8, 4) is 0 Å². The second kappa shape index (κ2) is 5.70. The lowest BCUT2D eigenvalue weighted by Gasteiger charge is -2.15. The van der Waals surface area contributed by atoms with E-state index < -0.39 is 0 Å². The monoisotopic (exact) mass is 256 g/mol. The topological polar surface area (TPSA) is 0 Å². The molecule has 1 aromatic rings. The van der Waals surface area contributed by atoms with Crippen molar-refractivity contribution in [3.05, 3.63) is 52.2 Å². The number of aryl methyl sites for hydroxylation is 1. The molecule has 18 heavy (non-hydrogen) atoms. The maximum atomic E-state index is 2.37. The highest BCUT2D eigenvalue weighted by molar-refractivity contribution is 6.62. The number of hydrogen-bond donors (Lipinski definition) is 0. The Morgan fingerprint density at radius 2 is 1.94 bits per heavy atom. The fourth-order valence-corrected chi connectivity index (χ4v) is 5.22. The van der Waals surface area contributed by atoms with Gasteiger partial charge in [-0.05, 0) is 36.8 Å².